The van der Waals surface area contributed by atoms with Gasteiger partial charge in [0.05, 0.1) is 16.7 Å². The number of thioether (sulfide) groups is 1. The number of hydrogen-bond acceptors (Lipinski definition) is 4. The number of amidine groups is 1. The number of para-hydroxylation sites is 2. The van der Waals surface area contributed by atoms with Crippen LogP contribution in [-0.4, -0.2) is 21.4 Å². The lowest BCUT2D eigenvalue weighted by Crippen LogP contribution is -2.12. The fourth-order valence-electron chi connectivity index (χ4n) is 2.18. The molecule has 3 aromatic rings. The van der Waals surface area contributed by atoms with Gasteiger partial charge >= 0.3 is 0 Å². The summed E-state index contributed by atoms with van der Waals surface area (Å²) in [7, 11) is 0. The van der Waals surface area contributed by atoms with E-state index in [0.717, 1.165) is 28.1 Å². The maximum atomic E-state index is 8.65. The zero-order valence-corrected chi connectivity index (χ0v) is 13.8. The molecule has 24 heavy (non-hydrogen) atoms. The monoisotopic (exact) mass is 333 g/mol. The third-order valence-electron chi connectivity index (χ3n) is 3.32. The number of aliphatic imine (C=N–C) groups is 1. The summed E-state index contributed by atoms with van der Waals surface area (Å²) in [6.07, 6.45) is 7.69. The Bertz CT molecular complexity index is 899. The van der Waals surface area contributed by atoms with Gasteiger partial charge in [0.25, 0.3) is 0 Å². The molecule has 0 saturated carbocycles. The van der Waals surface area contributed by atoms with Crippen molar-refractivity contribution in [3.63, 3.8) is 0 Å². The second-order valence-electron chi connectivity index (χ2n) is 4.92. The van der Waals surface area contributed by atoms with E-state index in [2.05, 4.69) is 20.3 Å². The summed E-state index contributed by atoms with van der Waals surface area (Å²) in [5.74, 6) is 0.821. The van der Waals surface area contributed by atoms with E-state index < -0.39 is 0 Å². The quantitative estimate of drug-likeness (QED) is 0.327. The molecule has 0 bridgehead atoms. The Kier molecular flexibility index (Phi) is 4.94. The maximum Gasteiger partial charge on any atom is 0.183 e. The molecule has 118 valence electrons. The highest BCUT2D eigenvalue weighted by Gasteiger charge is 1.99. The van der Waals surface area contributed by atoms with Crippen LogP contribution in [0.3, 0.4) is 0 Å². The fourth-order valence-corrected chi connectivity index (χ4v) is 2.52. The second-order valence-corrected chi connectivity index (χ2v) is 5.72. The highest BCUT2D eigenvalue weighted by Crippen LogP contribution is 2.17. The third kappa shape index (κ3) is 3.83. The molecular formula is C18H15N5S. The van der Waals surface area contributed by atoms with E-state index in [1.54, 1.807) is 0 Å². The van der Waals surface area contributed by atoms with Crippen LogP contribution in [0.1, 0.15) is 11.4 Å². The second kappa shape index (κ2) is 7.49. The van der Waals surface area contributed by atoms with Crippen LogP contribution in [0.2, 0.25) is 0 Å². The predicted octanol–water partition coefficient (Wildman–Crippen LogP) is 4.15. The van der Waals surface area contributed by atoms with Gasteiger partial charge in [0.15, 0.2) is 11.4 Å². The van der Waals surface area contributed by atoms with Gasteiger partial charge in [-0.1, -0.05) is 42.1 Å². The molecule has 0 atom stereocenters. The van der Waals surface area contributed by atoms with Crippen LogP contribution < -0.4 is 5.32 Å². The van der Waals surface area contributed by atoms with E-state index in [-0.39, 0.29) is 0 Å². The van der Waals surface area contributed by atoms with Crippen LogP contribution in [0.5, 0.6) is 0 Å². The number of fused-ring (bicyclic) bond motifs is 1. The number of nitrogens with one attached hydrogen (secondary N) is 2. The highest BCUT2D eigenvalue weighted by molar-refractivity contribution is 8.13. The van der Waals surface area contributed by atoms with Crippen LogP contribution in [-0.2, 0) is 0 Å². The minimum absolute atomic E-state index is 0.572. The Hall–Kier alpha value is -3.04. The topological polar surface area (TPSA) is 76.9 Å². The molecule has 5 nitrogen and oxygen atoms in total. The minimum Gasteiger partial charge on any atom is -0.338 e. The molecule has 0 saturated heterocycles. The molecule has 0 radical (unpaired) electrons. The number of hydrogen-bond donors (Lipinski definition) is 2. The number of H-pyrrole nitrogens is 1. The van der Waals surface area contributed by atoms with Gasteiger partial charge in [0, 0.05) is 0 Å². The van der Waals surface area contributed by atoms with E-state index >= 15 is 0 Å². The number of aromatic amines is 1. The third-order valence-corrected chi connectivity index (χ3v) is 3.90. The normalized spacial score (nSPS) is 11.8. The van der Waals surface area contributed by atoms with E-state index in [1.165, 1.54) is 11.8 Å². The van der Waals surface area contributed by atoms with Crippen molar-refractivity contribution < 1.29 is 0 Å². The molecular weight excluding hydrogens is 318 g/mol. The number of benzene rings is 2. The maximum absolute atomic E-state index is 8.65. The van der Waals surface area contributed by atoms with Crippen molar-refractivity contribution in [2.75, 3.05) is 6.26 Å². The standard InChI is InChI=1S/C18H15N5S/c1-24-18(20-12-19)21-14-9-6-13(7-10-14)8-11-17-22-15-4-2-3-5-16(15)23-17/h2-11H,1H3,(H,20,21)(H,22,23). The van der Waals surface area contributed by atoms with Gasteiger partial charge in [-0.15, -0.1) is 0 Å². The molecule has 2 aromatic carbocycles. The Balaban J connectivity index is 1.75. The zero-order chi connectivity index (χ0) is 16.8. The summed E-state index contributed by atoms with van der Waals surface area (Å²) < 4.78 is 0. The van der Waals surface area contributed by atoms with Gasteiger partial charge in [0.2, 0.25) is 0 Å². The molecule has 3 rings (SSSR count). The molecule has 0 aliphatic carbocycles. The number of aromatic nitrogens is 2. The zero-order valence-electron chi connectivity index (χ0n) is 13.0. The van der Waals surface area contributed by atoms with Gasteiger partial charge in [-0.25, -0.2) is 9.98 Å². The molecule has 0 aliphatic heterocycles. The SMILES string of the molecule is CSC(=Nc1ccc(C=Cc2nc3ccccc3[nH]2)cc1)NC#N. The van der Waals surface area contributed by atoms with Crippen LogP contribution in [0, 0.1) is 11.5 Å². The lowest BCUT2D eigenvalue weighted by Gasteiger charge is -2.00. The van der Waals surface area contributed by atoms with E-state index in [4.69, 9.17) is 5.26 Å². The molecule has 6 heteroatoms. The molecule has 1 heterocycles. The average Bonchev–Trinajstić information content (AvgIpc) is 3.03. The van der Waals surface area contributed by atoms with Crippen LogP contribution >= 0.6 is 11.8 Å². The number of rotatable bonds is 3. The number of imidazole rings is 1. The predicted molar refractivity (Wildman–Crippen MR) is 101 cm³/mol. The highest BCUT2D eigenvalue weighted by atomic mass is 32.2. The summed E-state index contributed by atoms with van der Waals surface area (Å²) in [5, 5.41) is 11.8. The molecule has 0 unspecified atom stereocenters. The summed E-state index contributed by atoms with van der Waals surface area (Å²) in [5.41, 5.74) is 3.82. The molecule has 1 aromatic heterocycles. The summed E-state index contributed by atoms with van der Waals surface area (Å²) >= 11 is 1.39. The summed E-state index contributed by atoms with van der Waals surface area (Å²) in [4.78, 5) is 12.1. The first-order valence-corrected chi connectivity index (χ1v) is 8.51. The smallest absolute Gasteiger partial charge is 0.183 e. The van der Waals surface area contributed by atoms with Crippen LogP contribution in [0.4, 0.5) is 5.69 Å². The molecule has 0 spiro atoms. The summed E-state index contributed by atoms with van der Waals surface area (Å²) in [6.45, 7) is 0. The molecule has 0 fully saturated rings. The van der Waals surface area contributed by atoms with Gasteiger partial charge in [-0.2, -0.15) is 5.26 Å². The summed E-state index contributed by atoms with van der Waals surface area (Å²) in [6, 6.07) is 15.7. The van der Waals surface area contributed by atoms with Crippen molar-refractivity contribution in [3.05, 3.63) is 59.9 Å². The average molecular weight is 333 g/mol. The van der Waals surface area contributed by atoms with Crippen LogP contribution in [0.25, 0.3) is 23.2 Å². The first-order valence-electron chi connectivity index (χ1n) is 7.29. The van der Waals surface area contributed by atoms with Gasteiger partial charge in [-0.05, 0) is 42.2 Å². The van der Waals surface area contributed by atoms with Crippen molar-refractivity contribution in [1.82, 2.24) is 15.3 Å². The van der Waals surface area contributed by atoms with Crippen molar-refractivity contribution in [2.45, 2.75) is 0 Å². The lowest BCUT2D eigenvalue weighted by atomic mass is 10.2. The van der Waals surface area contributed by atoms with Gasteiger partial charge in [0.1, 0.15) is 5.82 Å². The Labute approximate surface area is 144 Å². The van der Waals surface area contributed by atoms with Gasteiger partial charge < -0.3 is 4.98 Å². The van der Waals surface area contributed by atoms with Crippen molar-refractivity contribution >= 4 is 45.8 Å². The van der Waals surface area contributed by atoms with E-state index in [0.29, 0.717) is 5.17 Å². The molecule has 0 amide bonds. The Morgan fingerprint density at radius 1 is 1.21 bits per heavy atom. The first kappa shape index (κ1) is 15.8. The number of nitrogens with zero attached hydrogens (tertiary/aromatic N) is 3. The van der Waals surface area contributed by atoms with Crippen molar-refractivity contribution in [2.24, 2.45) is 4.99 Å². The molecule has 0 aliphatic rings. The van der Waals surface area contributed by atoms with Crippen molar-refractivity contribution in [1.29, 1.82) is 5.26 Å². The van der Waals surface area contributed by atoms with Crippen molar-refractivity contribution in [3.8, 4) is 6.19 Å². The Morgan fingerprint density at radius 3 is 2.71 bits per heavy atom. The van der Waals surface area contributed by atoms with E-state index in [9.17, 15) is 0 Å². The minimum atomic E-state index is 0.572. The molecule has 2 N–H and O–H groups in total. The fraction of sp³-hybridized carbons (Fsp3) is 0.0556. The van der Waals surface area contributed by atoms with Crippen LogP contribution in [0.15, 0.2) is 53.5 Å². The lowest BCUT2D eigenvalue weighted by molar-refractivity contribution is 1.28. The number of nitriles is 1. The Morgan fingerprint density at radius 2 is 2.00 bits per heavy atom. The van der Waals surface area contributed by atoms with Gasteiger partial charge in [-0.3, -0.25) is 5.32 Å². The van der Waals surface area contributed by atoms with E-state index in [1.807, 2.05) is 73.1 Å². The first-order chi connectivity index (χ1) is 11.8. The largest absolute Gasteiger partial charge is 0.338 e.